The lowest BCUT2D eigenvalue weighted by Gasteiger charge is -2.26. The molecule has 3 nitrogen and oxygen atoms in total. The van der Waals surface area contributed by atoms with E-state index >= 15 is 0 Å². The largest absolute Gasteiger partial charge is 0.366 e. The molecule has 1 N–H and O–H groups in total. The average Bonchev–Trinajstić information content (AvgIpc) is 2.53. The van der Waals surface area contributed by atoms with Crippen LogP contribution in [0.3, 0.4) is 0 Å². The predicted molar refractivity (Wildman–Crippen MR) is 88.9 cm³/mol. The van der Waals surface area contributed by atoms with Crippen molar-refractivity contribution in [2.75, 3.05) is 0 Å². The zero-order chi connectivity index (χ0) is 15.1. The third kappa shape index (κ3) is 2.15. The standard InChI is InChI=1S/C19H16N2O/c1-12-8-16-10-17(22)18(21-19(16)20-11-12)15-7-6-13-4-2-3-5-14(13)9-15/h2-9,11,19-20H,10H2,1H3. The van der Waals surface area contributed by atoms with Gasteiger partial charge in [-0.15, -0.1) is 0 Å². The van der Waals surface area contributed by atoms with Gasteiger partial charge in [-0.05, 0) is 34.9 Å². The minimum atomic E-state index is -0.108. The number of rotatable bonds is 1. The molecule has 108 valence electrons. The Balaban J connectivity index is 1.78. The number of benzene rings is 2. The molecule has 0 radical (unpaired) electrons. The number of dihydropyridines is 1. The predicted octanol–water partition coefficient (Wildman–Crippen LogP) is 3.36. The molecule has 1 atom stereocenters. The summed E-state index contributed by atoms with van der Waals surface area (Å²) in [5.41, 5.74) is 3.65. The maximum Gasteiger partial charge on any atom is 0.185 e. The Morgan fingerprint density at radius 2 is 1.95 bits per heavy atom. The monoisotopic (exact) mass is 288 g/mol. The molecular weight excluding hydrogens is 272 g/mol. The van der Waals surface area contributed by atoms with Gasteiger partial charge >= 0.3 is 0 Å². The number of fused-ring (bicyclic) bond motifs is 2. The number of Topliss-reactive ketones (excluding diaryl/α,β-unsaturated/α-hetero) is 1. The number of nitrogens with zero attached hydrogens (tertiary/aromatic N) is 1. The Hall–Kier alpha value is -2.68. The molecule has 0 bridgehead atoms. The molecule has 0 saturated heterocycles. The summed E-state index contributed by atoms with van der Waals surface area (Å²) in [5, 5.41) is 5.56. The summed E-state index contributed by atoms with van der Waals surface area (Å²) in [6.07, 6.45) is 4.34. The van der Waals surface area contributed by atoms with E-state index in [2.05, 4.69) is 28.5 Å². The maximum atomic E-state index is 12.5. The summed E-state index contributed by atoms with van der Waals surface area (Å²) < 4.78 is 0. The Kier molecular flexibility index (Phi) is 2.93. The summed E-state index contributed by atoms with van der Waals surface area (Å²) in [4.78, 5) is 17.1. The number of ketones is 1. The van der Waals surface area contributed by atoms with E-state index < -0.39 is 0 Å². The van der Waals surface area contributed by atoms with E-state index in [9.17, 15) is 4.79 Å². The first-order chi connectivity index (χ1) is 10.7. The molecule has 2 aliphatic rings. The number of nitrogens with one attached hydrogen (secondary N) is 1. The minimum Gasteiger partial charge on any atom is -0.366 e. The Labute approximate surface area is 129 Å². The van der Waals surface area contributed by atoms with Crippen LogP contribution in [0.5, 0.6) is 0 Å². The normalized spacial score (nSPS) is 20.7. The minimum absolute atomic E-state index is 0.0919. The lowest BCUT2D eigenvalue weighted by atomic mass is 9.92. The number of allylic oxidation sites excluding steroid dienone is 2. The van der Waals surface area contributed by atoms with Crippen LogP contribution in [-0.2, 0) is 4.79 Å². The van der Waals surface area contributed by atoms with Crippen molar-refractivity contribution >= 4 is 22.3 Å². The molecule has 0 saturated carbocycles. The fourth-order valence-electron chi connectivity index (χ4n) is 3.04. The van der Waals surface area contributed by atoms with E-state index in [-0.39, 0.29) is 11.9 Å². The van der Waals surface area contributed by atoms with Gasteiger partial charge in [0.15, 0.2) is 5.78 Å². The summed E-state index contributed by atoms with van der Waals surface area (Å²) >= 11 is 0. The third-order valence-corrected chi connectivity index (χ3v) is 4.14. The molecule has 1 unspecified atom stereocenters. The first-order valence-corrected chi connectivity index (χ1v) is 7.44. The molecule has 0 fully saturated rings. The van der Waals surface area contributed by atoms with Crippen LogP contribution in [0.15, 0.2) is 70.9 Å². The molecular formula is C19H16N2O. The fourth-order valence-corrected chi connectivity index (χ4v) is 3.04. The molecule has 22 heavy (non-hydrogen) atoms. The first kappa shape index (κ1) is 13.0. The van der Waals surface area contributed by atoms with Crippen molar-refractivity contribution in [1.82, 2.24) is 5.32 Å². The lowest BCUT2D eigenvalue weighted by Crippen LogP contribution is -2.36. The average molecular weight is 288 g/mol. The van der Waals surface area contributed by atoms with Gasteiger partial charge in [0.1, 0.15) is 11.9 Å². The summed E-state index contributed by atoms with van der Waals surface area (Å²) in [6.45, 7) is 2.02. The number of hydrogen-bond donors (Lipinski definition) is 1. The van der Waals surface area contributed by atoms with Gasteiger partial charge in [-0.25, -0.2) is 0 Å². The van der Waals surface area contributed by atoms with Gasteiger partial charge in [-0.1, -0.05) is 42.5 Å². The van der Waals surface area contributed by atoms with Crippen LogP contribution in [0.25, 0.3) is 10.8 Å². The van der Waals surface area contributed by atoms with Crippen LogP contribution in [-0.4, -0.2) is 17.7 Å². The Morgan fingerprint density at radius 1 is 1.14 bits per heavy atom. The van der Waals surface area contributed by atoms with E-state index in [0.29, 0.717) is 12.1 Å². The highest BCUT2D eigenvalue weighted by molar-refractivity contribution is 6.47. The molecule has 3 heteroatoms. The van der Waals surface area contributed by atoms with Crippen LogP contribution in [0.2, 0.25) is 0 Å². The number of aliphatic imine (C=N–C) groups is 1. The van der Waals surface area contributed by atoms with Crippen LogP contribution in [0, 0.1) is 0 Å². The second kappa shape index (κ2) is 4.95. The second-order valence-electron chi connectivity index (χ2n) is 5.82. The maximum absolute atomic E-state index is 12.5. The van der Waals surface area contributed by atoms with Crippen molar-refractivity contribution in [2.24, 2.45) is 4.99 Å². The summed E-state index contributed by atoms with van der Waals surface area (Å²) in [7, 11) is 0. The van der Waals surface area contributed by atoms with Crippen molar-refractivity contribution in [3.8, 4) is 0 Å². The Bertz CT molecular complexity index is 874. The van der Waals surface area contributed by atoms with Crippen molar-refractivity contribution in [3.63, 3.8) is 0 Å². The van der Waals surface area contributed by atoms with E-state index in [1.165, 1.54) is 5.39 Å². The number of carbonyl (C=O) groups is 1. The van der Waals surface area contributed by atoms with Crippen molar-refractivity contribution < 1.29 is 4.79 Å². The summed E-state index contributed by atoms with van der Waals surface area (Å²) in [6, 6.07) is 14.2. The van der Waals surface area contributed by atoms with E-state index in [1.54, 1.807) is 0 Å². The quantitative estimate of drug-likeness (QED) is 0.874. The van der Waals surface area contributed by atoms with E-state index in [0.717, 1.165) is 22.1 Å². The van der Waals surface area contributed by atoms with Gasteiger partial charge in [-0.2, -0.15) is 0 Å². The third-order valence-electron chi connectivity index (χ3n) is 4.14. The smallest absolute Gasteiger partial charge is 0.185 e. The van der Waals surface area contributed by atoms with Gasteiger partial charge < -0.3 is 5.32 Å². The fraction of sp³-hybridized carbons (Fsp3) is 0.158. The van der Waals surface area contributed by atoms with E-state index in [4.69, 9.17) is 0 Å². The Morgan fingerprint density at radius 3 is 2.82 bits per heavy atom. The zero-order valence-electron chi connectivity index (χ0n) is 12.3. The highest BCUT2D eigenvalue weighted by Crippen LogP contribution is 2.25. The first-order valence-electron chi connectivity index (χ1n) is 7.44. The molecule has 2 heterocycles. The van der Waals surface area contributed by atoms with Crippen LogP contribution in [0.1, 0.15) is 18.9 Å². The SMILES string of the molecule is CC1=CNC2N=C(c3ccc4ccccc4c3)C(=O)CC2=C1. The molecule has 0 aliphatic carbocycles. The highest BCUT2D eigenvalue weighted by Gasteiger charge is 2.28. The molecule has 0 amide bonds. The molecule has 2 aliphatic heterocycles. The van der Waals surface area contributed by atoms with Crippen molar-refractivity contribution in [3.05, 3.63) is 71.5 Å². The van der Waals surface area contributed by atoms with Crippen LogP contribution >= 0.6 is 0 Å². The molecule has 0 aromatic heterocycles. The van der Waals surface area contributed by atoms with Crippen molar-refractivity contribution in [1.29, 1.82) is 0 Å². The van der Waals surface area contributed by atoms with Crippen LogP contribution < -0.4 is 5.32 Å². The molecule has 2 aromatic carbocycles. The van der Waals surface area contributed by atoms with Gasteiger partial charge in [0.05, 0.1) is 0 Å². The van der Waals surface area contributed by atoms with Crippen LogP contribution in [0.4, 0.5) is 0 Å². The summed E-state index contributed by atoms with van der Waals surface area (Å²) in [5.74, 6) is 0.0919. The number of hydrogen-bond acceptors (Lipinski definition) is 3. The molecule has 0 spiro atoms. The van der Waals surface area contributed by atoms with E-state index in [1.807, 2.05) is 43.5 Å². The molecule has 2 aromatic rings. The number of carbonyl (C=O) groups excluding carboxylic acids is 1. The molecule has 4 rings (SSSR count). The van der Waals surface area contributed by atoms with Gasteiger partial charge in [0, 0.05) is 18.2 Å². The highest BCUT2D eigenvalue weighted by atomic mass is 16.1. The van der Waals surface area contributed by atoms with Gasteiger partial charge in [0.2, 0.25) is 0 Å². The lowest BCUT2D eigenvalue weighted by molar-refractivity contribution is -0.112. The zero-order valence-corrected chi connectivity index (χ0v) is 12.3. The van der Waals surface area contributed by atoms with Gasteiger partial charge in [0.25, 0.3) is 0 Å². The van der Waals surface area contributed by atoms with Crippen molar-refractivity contribution in [2.45, 2.75) is 19.5 Å². The van der Waals surface area contributed by atoms with Gasteiger partial charge in [-0.3, -0.25) is 9.79 Å². The second-order valence-corrected chi connectivity index (χ2v) is 5.82. The topological polar surface area (TPSA) is 41.5 Å².